The van der Waals surface area contributed by atoms with E-state index in [2.05, 4.69) is 9.97 Å². The number of hydrogen-bond acceptors (Lipinski definition) is 11. The van der Waals surface area contributed by atoms with Gasteiger partial charge in [-0.1, -0.05) is 19.1 Å². The summed E-state index contributed by atoms with van der Waals surface area (Å²) in [5.74, 6) is -5.21. The van der Waals surface area contributed by atoms with Gasteiger partial charge in [-0.3, -0.25) is 14.6 Å². The molecule has 8 bridgehead atoms. The van der Waals surface area contributed by atoms with Gasteiger partial charge in [-0.15, -0.1) is 0 Å². The van der Waals surface area contributed by atoms with E-state index in [9.17, 15) is 29.1 Å². The third-order valence-corrected chi connectivity index (χ3v) is 10.9. The predicted octanol–water partition coefficient (Wildman–Crippen LogP) is 5.65. The first-order chi connectivity index (χ1) is 26.2. The van der Waals surface area contributed by atoms with Crippen LogP contribution in [-0.2, 0) is 56.4 Å². The van der Waals surface area contributed by atoms with Crippen molar-refractivity contribution < 1.29 is 48.0 Å². The van der Waals surface area contributed by atoms with Crippen molar-refractivity contribution in [1.82, 2.24) is 19.9 Å². The summed E-state index contributed by atoms with van der Waals surface area (Å²) in [5.41, 5.74) is 6.05. The van der Waals surface area contributed by atoms with Gasteiger partial charge >= 0.3 is 29.8 Å². The van der Waals surface area contributed by atoms with Crippen LogP contribution < -0.4 is 0 Å². The van der Waals surface area contributed by atoms with Crippen LogP contribution in [0.15, 0.2) is 35.9 Å². The third-order valence-electron chi connectivity index (χ3n) is 10.9. The van der Waals surface area contributed by atoms with Gasteiger partial charge in [0.2, 0.25) is 0 Å². The molecule has 14 heteroatoms. The zero-order valence-corrected chi connectivity index (χ0v) is 32.1. The number of esters is 4. The van der Waals surface area contributed by atoms with Crippen LogP contribution >= 0.6 is 0 Å². The molecule has 0 radical (unpaired) electrons. The average Bonchev–Trinajstić information content (AvgIpc) is 3.84. The van der Waals surface area contributed by atoms with Crippen molar-refractivity contribution in [3.63, 3.8) is 0 Å². The molecule has 0 spiro atoms. The Balaban J connectivity index is 1.89. The number of nitrogens with one attached hydrogen (secondary N) is 2. The summed E-state index contributed by atoms with van der Waals surface area (Å²) >= 11 is 0. The van der Waals surface area contributed by atoms with E-state index in [0.717, 1.165) is 16.6 Å². The average molecular weight is 751 g/mol. The first kappa shape index (κ1) is 38.4. The molecular formula is C41H42N4O10. The molecule has 5 heterocycles. The van der Waals surface area contributed by atoms with Gasteiger partial charge in [0.15, 0.2) is 0 Å². The number of aromatic amines is 2. The van der Waals surface area contributed by atoms with Gasteiger partial charge in [0.1, 0.15) is 11.5 Å². The van der Waals surface area contributed by atoms with Crippen LogP contribution in [0, 0.1) is 19.8 Å². The van der Waals surface area contributed by atoms with Crippen LogP contribution in [0.5, 0.6) is 0 Å². The molecule has 3 aromatic rings. The Bertz CT molecular complexity index is 2480. The fourth-order valence-corrected chi connectivity index (χ4v) is 7.96. The number of nitrogens with zero attached hydrogens (tertiary/aromatic N) is 2. The van der Waals surface area contributed by atoms with Crippen LogP contribution in [0.2, 0.25) is 0 Å². The van der Waals surface area contributed by atoms with Crippen molar-refractivity contribution >= 4 is 68.6 Å². The molecule has 0 amide bonds. The number of hydrogen-bond donors (Lipinski definition) is 3. The molecular weight excluding hydrogens is 708 g/mol. The zero-order chi connectivity index (χ0) is 40.1. The Labute approximate surface area is 316 Å². The minimum atomic E-state index is -1.28. The van der Waals surface area contributed by atoms with E-state index >= 15 is 0 Å². The number of aliphatic carboxylic acids is 1. The second kappa shape index (κ2) is 14.5. The summed E-state index contributed by atoms with van der Waals surface area (Å²) in [5, 5.41) is 9.76. The van der Waals surface area contributed by atoms with Crippen molar-refractivity contribution in [3.05, 3.63) is 86.5 Å². The van der Waals surface area contributed by atoms with E-state index in [1.165, 1.54) is 28.4 Å². The molecule has 6 rings (SSSR count). The highest BCUT2D eigenvalue weighted by atomic mass is 16.5. The summed E-state index contributed by atoms with van der Waals surface area (Å²) in [7, 11) is 4.90. The number of rotatable bonds is 8. The van der Waals surface area contributed by atoms with Crippen LogP contribution in [0.3, 0.4) is 0 Å². The van der Waals surface area contributed by atoms with E-state index in [-0.39, 0.29) is 40.8 Å². The lowest BCUT2D eigenvalue weighted by Gasteiger charge is -2.36. The van der Waals surface area contributed by atoms with Crippen molar-refractivity contribution in [2.75, 3.05) is 28.4 Å². The molecule has 2 aliphatic heterocycles. The fourth-order valence-electron chi connectivity index (χ4n) is 7.96. The minimum absolute atomic E-state index is 0.0102. The van der Waals surface area contributed by atoms with Crippen LogP contribution in [0.25, 0.3) is 38.8 Å². The van der Waals surface area contributed by atoms with E-state index in [1.54, 1.807) is 45.1 Å². The predicted molar refractivity (Wildman–Crippen MR) is 203 cm³/mol. The number of ether oxygens (including phenoxy) is 4. The SMILES string of the molecule is CCc1c(C)c2cc3nc(cc4[nH]c(c(CCC(=O)O)c4C)c(C(=O)OC)c4nc(cc1[nH]2)C(C)=C4C(=O)OC)[C@@]1(C)C3=CC=C(C(=O)OC)[C@H]1C(=O)OC. The third kappa shape index (κ3) is 6.11. The van der Waals surface area contributed by atoms with Gasteiger partial charge in [0.25, 0.3) is 0 Å². The Morgan fingerprint density at radius 3 is 2.04 bits per heavy atom. The van der Waals surface area contributed by atoms with Gasteiger partial charge in [-0.2, -0.15) is 0 Å². The molecule has 3 aromatic heterocycles. The molecule has 0 saturated heterocycles. The number of carbonyl (C=O) groups is 5. The van der Waals surface area contributed by atoms with Crippen molar-refractivity contribution in [2.45, 2.75) is 59.3 Å². The molecule has 0 unspecified atom stereocenters. The summed E-state index contributed by atoms with van der Waals surface area (Å²) in [6.07, 6.45) is 3.63. The maximum Gasteiger partial charge on any atom is 0.342 e. The lowest BCUT2D eigenvalue weighted by molar-refractivity contribution is -0.149. The molecule has 55 heavy (non-hydrogen) atoms. The van der Waals surface area contributed by atoms with E-state index < -0.39 is 41.2 Å². The molecule has 3 aliphatic rings. The maximum atomic E-state index is 13.9. The summed E-state index contributed by atoms with van der Waals surface area (Å²) < 4.78 is 20.9. The summed E-state index contributed by atoms with van der Waals surface area (Å²) in [4.78, 5) is 83.1. The first-order valence-electron chi connectivity index (χ1n) is 17.6. The molecule has 0 aromatic carbocycles. The quantitative estimate of drug-likeness (QED) is 0.189. The van der Waals surface area contributed by atoms with E-state index in [1.807, 2.05) is 19.9 Å². The highest BCUT2D eigenvalue weighted by molar-refractivity contribution is 6.27. The summed E-state index contributed by atoms with van der Waals surface area (Å²) in [6.45, 7) is 9.26. The topological polar surface area (TPSA) is 200 Å². The van der Waals surface area contributed by atoms with Crippen molar-refractivity contribution in [3.8, 4) is 0 Å². The number of methoxy groups -OCH3 is 4. The highest BCUT2D eigenvalue weighted by Crippen LogP contribution is 2.52. The molecule has 2 atom stereocenters. The molecule has 14 nitrogen and oxygen atoms in total. The maximum absolute atomic E-state index is 13.9. The standard InChI is InChI=1S/C41H42N4O10/c1-10-21-18(2)25-16-29-24-13-11-23(37(48)52-6)34(40(51)55-9)41(24,5)30(43-29)17-27-19(3)22(12-14-31(46)47)35(44-27)33(39(50)54-8)36-32(38(49)53-7)20(4)26(45-36)15-28(21)42-25/h11,13,15-17,34,42,44H,10,12,14H2,1-9H3,(H,46,47)/t34-,41+/m0/s1. The van der Waals surface area contributed by atoms with Gasteiger partial charge in [-0.05, 0) is 92.1 Å². The van der Waals surface area contributed by atoms with Gasteiger partial charge in [-0.25, -0.2) is 19.4 Å². The Morgan fingerprint density at radius 1 is 0.782 bits per heavy atom. The number of allylic oxidation sites excluding steroid dienone is 4. The number of H-pyrrole nitrogens is 2. The lowest BCUT2D eigenvalue weighted by atomic mass is 9.64. The molecule has 0 saturated carbocycles. The first-order valence-corrected chi connectivity index (χ1v) is 17.6. The van der Waals surface area contributed by atoms with E-state index in [0.29, 0.717) is 56.8 Å². The molecule has 0 fully saturated rings. The van der Waals surface area contributed by atoms with Gasteiger partial charge < -0.3 is 34.0 Å². The van der Waals surface area contributed by atoms with E-state index in [4.69, 9.17) is 28.9 Å². The van der Waals surface area contributed by atoms with Gasteiger partial charge in [0.05, 0.1) is 73.3 Å². The molecule has 3 N–H and O–H groups in total. The smallest absolute Gasteiger partial charge is 0.342 e. The number of aromatic nitrogens is 4. The second-order valence-corrected chi connectivity index (χ2v) is 13.7. The Morgan fingerprint density at radius 2 is 1.42 bits per heavy atom. The summed E-state index contributed by atoms with van der Waals surface area (Å²) in [6, 6.07) is 5.40. The monoisotopic (exact) mass is 750 g/mol. The zero-order valence-electron chi connectivity index (χ0n) is 32.1. The highest BCUT2D eigenvalue weighted by Gasteiger charge is 2.53. The molecule has 286 valence electrons. The van der Waals surface area contributed by atoms with Crippen molar-refractivity contribution in [2.24, 2.45) is 5.92 Å². The van der Waals surface area contributed by atoms with Crippen LogP contribution in [0.1, 0.15) is 82.6 Å². The number of fused-ring (bicyclic) bond motifs is 11. The largest absolute Gasteiger partial charge is 0.481 e. The van der Waals surface area contributed by atoms with Crippen LogP contribution in [0.4, 0.5) is 0 Å². The minimum Gasteiger partial charge on any atom is -0.481 e. The van der Waals surface area contributed by atoms with Gasteiger partial charge in [0, 0.05) is 23.0 Å². The second-order valence-electron chi connectivity index (χ2n) is 13.7. The van der Waals surface area contributed by atoms with Crippen LogP contribution in [-0.4, -0.2) is 83.3 Å². The molecule has 1 aliphatic carbocycles. The number of carboxylic acid groups (broad SMARTS) is 1. The Hall–Kier alpha value is -6.31. The number of carbonyl (C=O) groups excluding carboxylic acids is 4. The lowest BCUT2D eigenvalue weighted by Crippen LogP contribution is -2.42. The van der Waals surface area contributed by atoms with Crippen molar-refractivity contribution in [1.29, 1.82) is 0 Å². The number of aryl methyl sites for hydroxylation is 4. The Kier molecular flexibility index (Phi) is 10.1. The normalized spacial score (nSPS) is 17.5. The number of carboxylic acids is 1. The fraction of sp³-hybridized carbons (Fsp3) is 0.341.